The summed E-state index contributed by atoms with van der Waals surface area (Å²) >= 11 is 0. The van der Waals surface area contributed by atoms with Crippen LogP contribution in [0.3, 0.4) is 0 Å². The maximum atomic E-state index is 11.9. The lowest BCUT2D eigenvalue weighted by Crippen LogP contribution is -2.25. The predicted molar refractivity (Wildman–Crippen MR) is 65.4 cm³/mol. The monoisotopic (exact) mass is 262 g/mol. The summed E-state index contributed by atoms with van der Waals surface area (Å²) in [5, 5.41) is 2.83. The van der Waals surface area contributed by atoms with Gasteiger partial charge in [0.25, 0.3) is 0 Å². The van der Waals surface area contributed by atoms with Gasteiger partial charge in [-0.3, -0.25) is 4.98 Å². The van der Waals surface area contributed by atoms with E-state index in [1.807, 2.05) is 6.07 Å². The lowest BCUT2D eigenvalue weighted by atomic mass is 10.4. The summed E-state index contributed by atoms with van der Waals surface area (Å²) < 4.78 is 23.8. The minimum Gasteiger partial charge on any atom is -0.315 e. The quantitative estimate of drug-likeness (QED) is 0.875. The summed E-state index contributed by atoms with van der Waals surface area (Å²) in [5.74, 6) is 0.0557. The molecule has 1 N–H and O–H groups in total. The minimum absolute atomic E-state index is 0. The topological polar surface area (TPSA) is 59.1 Å². The first-order chi connectivity index (χ1) is 7.18. The fraction of sp³-hybridized carbons (Fsp3) is 0.500. The number of halogens is 1. The molecule has 1 aromatic rings. The van der Waals surface area contributed by atoms with E-state index in [0.717, 1.165) is 13.0 Å². The van der Waals surface area contributed by atoms with Gasteiger partial charge in [0.05, 0.1) is 16.7 Å². The van der Waals surface area contributed by atoms with Gasteiger partial charge in [-0.2, -0.15) is 0 Å². The van der Waals surface area contributed by atoms with Crippen LogP contribution in [0.5, 0.6) is 0 Å². The Bertz CT molecular complexity index is 416. The molecular weight excluding hydrogens is 248 g/mol. The number of aromatic nitrogens is 1. The molecule has 2 heterocycles. The molecule has 0 spiro atoms. The van der Waals surface area contributed by atoms with E-state index in [0.29, 0.717) is 12.2 Å². The van der Waals surface area contributed by atoms with Crippen LogP contribution < -0.4 is 5.32 Å². The van der Waals surface area contributed by atoms with Crippen molar-refractivity contribution in [2.24, 2.45) is 0 Å². The predicted octanol–water partition coefficient (Wildman–Crippen LogP) is 0.780. The van der Waals surface area contributed by atoms with Crippen LogP contribution in [0.25, 0.3) is 0 Å². The van der Waals surface area contributed by atoms with Gasteiger partial charge in [0, 0.05) is 12.7 Å². The van der Waals surface area contributed by atoms with Gasteiger partial charge in [0.2, 0.25) is 0 Å². The van der Waals surface area contributed by atoms with E-state index in [1.165, 1.54) is 0 Å². The van der Waals surface area contributed by atoms with Gasteiger partial charge in [0.1, 0.15) is 0 Å². The molecule has 90 valence electrons. The van der Waals surface area contributed by atoms with Crippen LogP contribution in [0.2, 0.25) is 0 Å². The van der Waals surface area contributed by atoms with Crippen molar-refractivity contribution in [3.05, 3.63) is 30.1 Å². The zero-order valence-electron chi connectivity index (χ0n) is 8.80. The number of pyridine rings is 1. The molecule has 0 saturated carbocycles. The summed E-state index contributed by atoms with van der Waals surface area (Å²) in [4.78, 5) is 4.04. The second kappa shape index (κ2) is 5.61. The normalized spacial score (nSPS) is 20.4. The van der Waals surface area contributed by atoms with Gasteiger partial charge in [-0.1, -0.05) is 6.07 Å². The molecule has 2 rings (SSSR count). The first-order valence-electron chi connectivity index (χ1n) is 5.01. The third kappa shape index (κ3) is 3.17. The van der Waals surface area contributed by atoms with Crippen molar-refractivity contribution in [3.63, 3.8) is 0 Å². The fourth-order valence-corrected chi connectivity index (χ4v) is 3.41. The van der Waals surface area contributed by atoms with E-state index >= 15 is 0 Å². The van der Waals surface area contributed by atoms with Gasteiger partial charge in [-0.25, -0.2) is 8.42 Å². The summed E-state index contributed by atoms with van der Waals surface area (Å²) in [5.41, 5.74) is 0.629. The Balaban J connectivity index is 0.00000128. The summed E-state index contributed by atoms with van der Waals surface area (Å²) in [6.07, 6.45) is 2.34. The standard InChI is InChI=1S/C10H14N2O2S.ClH/c13-15(14,10-4-6-11-7-10)8-9-3-1-2-5-12-9;/h1-3,5,10-11H,4,6-8H2;1H. The SMILES string of the molecule is Cl.O=S(=O)(Cc1ccccn1)C1CCNC1. The van der Waals surface area contributed by atoms with E-state index in [4.69, 9.17) is 0 Å². The molecule has 1 unspecified atom stereocenters. The largest absolute Gasteiger partial charge is 0.315 e. The van der Waals surface area contributed by atoms with Gasteiger partial charge < -0.3 is 5.32 Å². The Labute approximate surface area is 102 Å². The smallest absolute Gasteiger partial charge is 0.160 e. The highest BCUT2D eigenvalue weighted by atomic mass is 35.5. The maximum absolute atomic E-state index is 11.9. The maximum Gasteiger partial charge on any atom is 0.160 e. The van der Waals surface area contributed by atoms with E-state index in [1.54, 1.807) is 18.3 Å². The molecule has 1 saturated heterocycles. The average Bonchev–Trinajstić information content (AvgIpc) is 2.71. The lowest BCUT2D eigenvalue weighted by Gasteiger charge is -2.09. The number of hydrogen-bond donors (Lipinski definition) is 1. The molecule has 4 nitrogen and oxygen atoms in total. The van der Waals surface area contributed by atoms with Crippen LogP contribution in [0.1, 0.15) is 12.1 Å². The second-order valence-electron chi connectivity index (χ2n) is 3.74. The lowest BCUT2D eigenvalue weighted by molar-refractivity contribution is 0.581. The zero-order chi connectivity index (χ0) is 10.7. The second-order valence-corrected chi connectivity index (χ2v) is 6.02. The molecule has 1 aliphatic rings. The summed E-state index contributed by atoms with van der Waals surface area (Å²) in [7, 11) is -3.04. The molecular formula is C10H15ClN2O2S. The van der Waals surface area contributed by atoms with E-state index in [9.17, 15) is 8.42 Å². The molecule has 0 radical (unpaired) electrons. The van der Waals surface area contributed by atoms with Gasteiger partial charge in [0.15, 0.2) is 9.84 Å². The molecule has 1 fully saturated rings. The third-order valence-electron chi connectivity index (χ3n) is 2.60. The van der Waals surface area contributed by atoms with Gasteiger partial charge in [-0.05, 0) is 25.1 Å². The van der Waals surface area contributed by atoms with Crippen molar-refractivity contribution < 1.29 is 8.42 Å². The highest BCUT2D eigenvalue weighted by Crippen LogP contribution is 2.14. The number of nitrogens with zero attached hydrogens (tertiary/aromatic N) is 1. The van der Waals surface area contributed by atoms with Gasteiger partial charge >= 0.3 is 0 Å². The molecule has 1 aliphatic heterocycles. The summed E-state index contributed by atoms with van der Waals surface area (Å²) in [6.45, 7) is 1.38. The molecule has 1 atom stereocenters. The Morgan fingerprint density at radius 2 is 2.25 bits per heavy atom. The van der Waals surface area contributed by atoms with Crippen molar-refractivity contribution in [1.82, 2.24) is 10.3 Å². The van der Waals surface area contributed by atoms with Crippen LogP contribution in [0.4, 0.5) is 0 Å². The summed E-state index contributed by atoms with van der Waals surface area (Å²) in [6, 6.07) is 5.35. The highest BCUT2D eigenvalue weighted by Gasteiger charge is 2.28. The number of nitrogens with one attached hydrogen (secondary N) is 1. The number of hydrogen-bond acceptors (Lipinski definition) is 4. The van der Waals surface area contributed by atoms with Crippen molar-refractivity contribution in [1.29, 1.82) is 0 Å². The molecule has 0 aromatic carbocycles. The minimum atomic E-state index is -3.04. The van der Waals surface area contributed by atoms with E-state index in [-0.39, 0.29) is 23.4 Å². The van der Waals surface area contributed by atoms with Crippen molar-refractivity contribution in [2.75, 3.05) is 13.1 Å². The average molecular weight is 263 g/mol. The van der Waals surface area contributed by atoms with E-state index in [2.05, 4.69) is 10.3 Å². The fourth-order valence-electron chi connectivity index (χ4n) is 1.74. The van der Waals surface area contributed by atoms with Crippen LogP contribution >= 0.6 is 12.4 Å². The van der Waals surface area contributed by atoms with Crippen molar-refractivity contribution in [3.8, 4) is 0 Å². The number of rotatable bonds is 3. The Hall–Kier alpha value is -0.650. The van der Waals surface area contributed by atoms with Crippen LogP contribution in [0, 0.1) is 0 Å². The first kappa shape index (κ1) is 13.4. The Kier molecular flexibility index (Phi) is 4.70. The van der Waals surface area contributed by atoms with Crippen molar-refractivity contribution in [2.45, 2.75) is 17.4 Å². The number of sulfone groups is 1. The molecule has 16 heavy (non-hydrogen) atoms. The van der Waals surface area contributed by atoms with Crippen LogP contribution in [-0.4, -0.2) is 31.7 Å². The van der Waals surface area contributed by atoms with Crippen LogP contribution in [-0.2, 0) is 15.6 Å². The molecule has 0 bridgehead atoms. The molecule has 6 heteroatoms. The van der Waals surface area contributed by atoms with Gasteiger partial charge in [-0.15, -0.1) is 12.4 Å². The molecule has 1 aromatic heterocycles. The zero-order valence-corrected chi connectivity index (χ0v) is 10.4. The van der Waals surface area contributed by atoms with Crippen molar-refractivity contribution >= 4 is 22.2 Å². The molecule has 0 amide bonds. The Morgan fingerprint density at radius 1 is 1.44 bits per heavy atom. The molecule has 0 aliphatic carbocycles. The van der Waals surface area contributed by atoms with Crippen LogP contribution in [0.15, 0.2) is 24.4 Å². The Morgan fingerprint density at radius 3 is 2.81 bits per heavy atom. The highest BCUT2D eigenvalue weighted by molar-refractivity contribution is 7.91. The first-order valence-corrected chi connectivity index (χ1v) is 6.72. The third-order valence-corrected chi connectivity index (χ3v) is 4.71. The van der Waals surface area contributed by atoms with E-state index < -0.39 is 9.84 Å².